The molecule has 0 aromatic carbocycles. The number of nitrogens with two attached hydrogens (primary N) is 1. The van der Waals surface area contributed by atoms with Crippen LogP contribution in [0.3, 0.4) is 0 Å². The average molecular weight is 821 g/mol. The van der Waals surface area contributed by atoms with Crippen LogP contribution >= 0.6 is 23.5 Å². The Labute approximate surface area is 340 Å². The number of thioether (sulfide) groups is 2. The molecule has 3 atom stereocenters. The van der Waals surface area contributed by atoms with Crippen molar-refractivity contribution in [2.75, 3.05) is 51.4 Å². The van der Waals surface area contributed by atoms with Crippen LogP contribution in [0.1, 0.15) is 90.4 Å². The molecule has 7 N–H and O–H groups in total. The number of carbonyl (C=O) groups is 6. The van der Waals surface area contributed by atoms with Crippen LogP contribution in [0.5, 0.6) is 0 Å². The number of hydrogen-bond donors (Lipinski definition) is 6. The summed E-state index contributed by atoms with van der Waals surface area (Å²) in [5, 5.41) is 14.4. The minimum absolute atomic E-state index is 0.00458. The summed E-state index contributed by atoms with van der Waals surface area (Å²) in [7, 11) is 1.64. The zero-order chi connectivity index (χ0) is 41.1. The van der Waals surface area contributed by atoms with Crippen molar-refractivity contribution in [3.63, 3.8) is 0 Å². The molecular weight excluding hydrogens is 757 g/mol. The van der Waals surface area contributed by atoms with E-state index in [4.69, 9.17) is 15.5 Å². The van der Waals surface area contributed by atoms with Crippen molar-refractivity contribution in [3.05, 3.63) is 29.6 Å². The lowest BCUT2D eigenvalue weighted by atomic mass is 9.87. The molecule has 0 bridgehead atoms. The van der Waals surface area contributed by atoms with E-state index in [-0.39, 0.29) is 68.1 Å². The van der Waals surface area contributed by atoms with Gasteiger partial charge in [0, 0.05) is 88.1 Å². The number of nitrogens with one attached hydrogen (secondary N) is 5. The monoisotopic (exact) mass is 820 g/mol. The highest BCUT2D eigenvalue weighted by Crippen LogP contribution is 2.23. The summed E-state index contributed by atoms with van der Waals surface area (Å²) in [4.78, 5) is 83.6. The van der Waals surface area contributed by atoms with Gasteiger partial charge in [-0.3, -0.25) is 38.7 Å². The number of hydrogen-bond acceptors (Lipinski definition) is 11. The smallest absolute Gasteiger partial charge is 0.246 e. The number of likely N-dealkylation sites (N-methyl/N-ethyl adjacent to an activating group) is 1. The van der Waals surface area contributed by atoms with Crippen LogP contribution in [-0.4, -0.2) is 120 Å². The first kappa shape index (κ1) is 47.0. The molecule has 2 saturated heterocycles. The number of likely N-dealkylation sites (tertiary alicyclic amines) is 1. The van der Waals surface area contributed by atoms with Gasteiger partial charge in [0.05, 0.1) is 17.9 Å². The first-order valence-electron chi connectivity index (χ1n) is 19.9. The molecule has 0 spiro atoms. The van der Waals surface area contributed by atoms with E-state index in [9.17, 15) is 28.8 Å². The average Bonchev–Trinajstić information content (AvgIpc) is 3.17. The van der Waals surface area contributed by atoms with Crippen molar-refractivity contribution in [2.45, 2.75) is 114 Å². The SMILES string of the molecule is CC[C@H](C)[C@H](NC(=O)[C@H](CC(C)C)NC(=O)C1(NC(=O)CCSCc2cccc(CSCCC(=O)NC3CCN(CC(=O)NC)CC3)n2)CCOCC1)C(N)=O. The molecule has 17 heteroatoms. The van der Waals surface area contributed by atoms with Gasteiger partial charge in [-0.05, 0) is 43.2 Å². The van der Waals surface area contributed by atoms with Crippen molar-refractivity contribution >= 4 is 59.0 Å². The van der Waals surface area contributed by atoms with Gasteiger partial charge in [-0.15, -0.1) is 0 Å². The maximum Gasteiger partial charge on any atom is 0.246 e. The number of aromatic nitrogens is 1. The minimum Gasteiger partial charge on any atom is -0.381 e. The maximum atomic E-state index is 13.9. The number of nitrogens with zero attached hydrogens (tertiary/aromatic N) is 2. The van der Waals surface area contributed by atoms with Crippen LogP contribution in [0.4, 0.5) is 0 Å². The summed E-state index contributed by atoms with van der Waals surface area (Å²) in [6, 6.07) is 4.26. The third kappa shape index (κ3) is 16.2. The highest BCUT2D eigenvalue weighted by molar-refractivity contribution is 7.98. The summed E-state index contributed by atoms with van der Waals surface area (Å²) >= 11 is 3.24. The van der Waals surface area contributed by atoms with Crippen LogP contribution in [0.25, 0.3) is 0 Å². The Hall–Kier alpha value is -3.41. The van der Waals surface area contributed by atoms with Crippen molar-refractivity contribution < 1.29 is 33.5 Å². The van der Waals surface area contributed by atoms with E-state index in [1.165, 1.54) is 0 Å². The molecule has 0 unspecified atom stereocenters. The van der Waals surface area contributed by atoms with E-state index in [0.29, 0.717) is 48.8 Å². The lowest BCUT2D eigenvalue weighted by Crippen LogP contribution is -2.64. The Balaban J connectivity index is 1.42. The Morgan fingerprint density at radius 1 is 0.929 bits per heavy atom. The van der Waals surface area contributed by atoms with E-state index >= 15 is 0 Å². The Bertz CT molecular complexity index is 1450. The van der Waals surface area contributed by atoms with Gasteiger partial charge in [-0.25, -0.2) is 0 Å². The highest BCUT2D eigenvalue weighted by atomic mass is 32.2. The largest absolute Gasteiger partial charge is 0.381 e. The third-order valence-electron chi connectivity index (χ3n) is 10.2. The predicted molar refractivity (Wildman–Crippen MR) is 220 cm³/mol. The number of pyridine rings is 1. The summed E-state index contributed by atoms with van der Waals surface area (Å²) in [6.07, 6.45) is 3.82. The summed E-state index contributed by atoms with van der Waals surface area (Å²) < 4.78 is 5.53. The van der Waals surface area contributed by atoms with Gasteiger partial charge in [0.15, 0.2) is 0 Å². The second-order valence-corrected chi connectivity index (χ2v) is 17.4. The maximum absolute atomic E-state index is 13.9. The van der Waals surface area contributed by atoms with Crippen LogP contribution < -0.4 is 32.3 Å². The van der Waals surface area contributed by atoms with E-state index in [1.807, 2.05) is 45.9 Å². The molecule has 2 aliphatic rings. The number of carbonyl (C=O) groups excluding carboxylic acids is 6. The van der Waals surface area contributed by atoms with Crippen LogP contribution in [-0.2, 0) is 45.0 Å². The fourth-order valence-electron chi connectivity index (χ4n) is 6.63. The standard InChI is InChI=1S/C39H64N8O7S2/c1-6-27(4)35(36(40)51)45-37(52)31(22-26(2)3)44-38(53)39(14-18-54-19-15-39)46-33(49)13-21-56-25-30-9-7-8-29(42-30)24-55-20-12-32(48)43-28-10-16-47(17-11-28)23-34(50)41-5/h7-9,26-28,31,35H,6,10-25H2,1-5H3,(H2,40,51)(H,41,50)(H,43,48)(H,44,53)(H,45,52)(H,46,49)/t27-,31-,35-/m0/s1. The molecule has 56 heavy (non-hydrogen) atoms. The summed E-state index contributed by atoms with van der Waals surface area (Å²) in [5.41, 5.74) is 6.19. The number of amides is 6. The second-order valence-electron chi connectivity index (χ2n) is 15.2. The van der Waals surface area contributed by atoms with Crippen LogP contribution in [0.2, 0.25) is 0 Å². The quantitative estimate of drug-likeness (QED) is 0.0878. The first-order chi connectivity index (χ1) is 26.7. The van der Waals surface area contributed by atoms with Gasteiger partial charge in [-0.2, -0.15) is 23.5 Å². The lowest BCUT2D eigenvalue weighted by Gasteiger charge is -2.38. The number of rotatable bonds is 23. The third-order valence-corrected chi connectivity index (χ3v) is 12.2. The van der Waals surface area contributed by atoms with E-state index in [2.05, 4.69) is 31.5 Å². The van der Waals surface area contributed by atoms with Gasteiger partial charge < -0.3 is 37.1 Å². The molecule has 6 amide bonds. The molecule has 0 saturated carbocycles. The van der Waals surface area contributed by atoms with Crippen molar-refractivity contribution in [1.29, 1.82) is 0 Å². The molecule has 314 valence electrons. The van der Waals surface area contributed by atoms with Gasteiger partial charge in [-0.1, -0.05) is 40.2 Å². The summed E-state index contributed by atoms with van der Waals surface area (Å²) in [5.74, 6) is 0.616. The molecule has 1 aromatic rings. The molecule has 3 heterocycles. The van der Waals surface area contributed by atoms with Crippen LogP contribution in [0, 0.1) is 11.8 Å². The fraction of sp³-hybridized carbons (Fsp3) is 0.718. The number of piperidine rings is 1. The number of ether oxygens (including phenoxy) is 1. The molecule has 15 nitrogen and oxygen atoms in total. The van der Waals surface area contributed by atoms with Crippen molar-refractivity contribution in [2.24, 2.45) is 17.6 Å². The van der Waals surface area contributed by atoms with Crippen molar-refractivity contribution in [3.8, 4) is 0 Å². The molecule has 0 radical (unpaired) electrons. The van der Waals surface area contributed by atoms with Gasteiger partial charge in [0.25, 0.3) is 0 Å². The zero-order valence-corrected chi connectivity index (χ0v) is 35.4. The first-order valence-corrected chi connectivity index (χ1v) is 22.2. The van der Waals surface area contributed by atoms with Crippen molar-refractivity contribution in [1.82, 2.24) is 36.5 Å². The highest BCUT2D eigenvalue weighted by Gasteiger charge is 2.43. The molecule has 1 aromatic heterocycles. The van der Waals surface area contributed by atoms with E-state index in [1.54, 1.807) is 30.6 Å². The molecular formula is C39H64N8O7S2. The van der Waals surface area contributed by atoms with Gasteiger partial charge in [0.2, 0.25) is 35.4 Å². The summed E-state index contributed by atoms with van der Waals surface area (Å²) in [6.45, 7) is 10.2. The van der Waals surface area contributed by atoms with Gasteiger partial charge >= 0.3 is 0 Å². The van der Waals surface area contributed by atoms with E-state index < -0.39 is 35.3 Å². The second kappa shape index (κ2) is 24.4. The number of primary amides is 1. The zero-order valence-electron chi connectivity index (χ0n) is 33.8. The minimum atomic E-state index is -1.23. The molecule has 0 aliphatic carbocycles. The predicted octanol–water partition coefficient (Wildman–Crippen LogP) is 1.87. The Morgan fingerprint density at radius 2 is 1.54 bits per heavy atom. The van der Waals surface area contributed by atoms with E-state index in [0.717, 1.165) is 37.3 Å². The normalized spacial score (nSPS) is 17.6. The molecule has 2 aliphatic heterocycles. The Morgan fingerprint density at radius 3 is 2.09 bits per heavy atom. The Kier molecular flexibility index (Phi) is 20.4. The van der Waals surface area contributed by atoms with Crippen LogP contribution in [0.15, 0.2) is 18.2 Å². The lowest BCUT2D eigenvalue weighted by molar-refractivity contribution is -0.140. The van der Waals surface area contributed by atoms with Gasteiger partial charge in [0.1, 0.15) is 17.6 Å². The molecule has 2 fully saturated rings. The topological polar surface area (TPSA) is 214 Å². The molecule has 3 rings (SSSR count). The fourth-order valence-corrected chi connectivity index (χ4v) is 8.32.